The highest BCUT2D eigenvalue weighted by molar-refractivity contribution is 5.92. The summed E-state index contributed by atoms with van der Waals surface area (Å²) in [7, 11) is 0. The van der Waals surface area contributed by atoms with Crippen LogP contribution >= 0.6 is 0 Å². The fourth-order valence-electron chi connectivity index (χ4n) is 4.29. The van der Waals surface area contributed by atoms with Gasteiger partial charge >= 0.3 is 0 Å². The minimum absolute atomic E-state index is 0.159. The summed E-state index contributed by atoms with van der Waals surface area (Å²) in [6, 6.07) is 8.16. The van der Waals surface area contributed by atoms with E-state index in [0.717, 1.165) is 38.1 Å². The van der Waals surface area contributed by atoms with Gasteiger partial charge in [-0.25, -0.2) is 15.0 Å². The summed E-state index contributed by atoms with van der Waals surface area (Å²) in [5.41, 5.74) is 2.75. The minimum Gasteiger partial charge on any atom is -0.486 e. The van der Waals surface area contributed by atoms with Crippen LogP contribution in [0.2, 0.25) is 0 Å². The van der Waals surface area contributed by atoms with Gasteiger partial charge in [0.05, 0.1) is 12.3 Å². The molecule has 1 fully saturated rings. The van der Waals surface area contributed by atoms with E-state index in [2.05, 4.69) is 42.6 Å². The van der Waals surface area contributed by atoms with Crippen LogP contribution in [-0.2, 0) is 19.6 Å². The van der Waals surface area contributed by atoms with Crippen molar-refractivity contribution in [3.8, 4) is 5.75 Å². The number of carbonyl (C=O) groups excluding carboxylic acids is 1. The standard InChI is InChI=1S/C25H30N6O4/c32-20(10-27-25(33)23-9-24(29-15-28-23)30-19-2-1-3-19)13-31-7-6-17-8-21(5-4-18(17)12-31)34-14-22-11-26-16-35-22/h4-5,8-9,11,15-16,19-20,32H,1-3,6-7,10,12-14H2,(H,27,33)(H,28,29,30)/t20-/m0/s1. The summed E-state index contributed by atoms with van der Waals surface area (Å²) < 4.78 is 11.0. The van der Waals surface area contributed by atoms with Gasteiger partial charge in [-0.05, 0) is 48.9 Å². The van der Waals surface area contributed by atoms with E-state index in [1.807, 2.05) is 6.07 Å². The number of amides is 1. The van der Waals surface area contributed by atoms with Crippen molar-refractivity contribution in [1.29, 1.82) is 0 Å². The summed E-state index contributed by atoms with van der Waals surface area (Å²) >= 11 is 0. The predicted octanol–water partition coefficient (Wildman–Crippen LogP) is 2.16. The van der Waals surface area contributed by atoms with Gasteiger partial charge in [0.15, 0.2) is 12.2 Å². The van der Waals surface area contributed by atoms with Gasteiger partial charge in [0.2, 0.25) is 0 Å². The molecule has 2 aliphatic rings. The molecular weight excluding hydrogens is 448 g/mol. The van der Waals surface area contributed by atoms with Crippen LogP contribution in [0.3, 0.4) is 0 Å². The second-order valence-electron chi connectivity index (χ2n) is 9.10. The van der Waals surface area contributed by atoms with Crippen molar-refractivity contribution < 1.29 is 19.1 Å². The molecule has 35 heavy (non-hydrogen) atoms. The third-order valence-corrected chi connectivity index (χ3v) is 6.46. The van der Waals surface area contributed by atoms with Gasteiger partial charge in [-0.15, -0.1) is 0 Å². The predicted molar refractivity (Wildman–Crippen MR) is 128 cm³/mol. The van der Waals surface area contributed by atoms with Gasteiger partial charge in [0, 0.05) is 38.3 Å². The maximum absolute atomic E-state index is 12.5. The molecule has 2 aromatic heterocycles. The number of carbonyl (C=O) groups is 1. The van der Waals surface area contributed by atoms with Crippen LogP contribution in [0.15, 0.2) is 47.6 Å². The maximum Gasteiger partial charge on any atom is 0.270 e. The lowest BCUT2D eigenvalue weighted by Crippen LogP contribution is -2.42. The third kappa shape index (κ3) is 6.14. The average Bonchev–Trinajstić information content (AvgIpc) is 3.37. The Kier molecular flexibility index (Phi) is 7.20. The molecule has 1 amide bonds. The molecule has 0 radical (unpaired) electrons. The van der Waals surface area contributed by atoms with Crippen LogP contribution in [0.25, 0.3) is 0 Å². The Balaban J connectivity index is 1.07. The highest BCUT2D eigenvalue weighted by Crippen LogP contribution is 2.25. The van der Waals surface area contributed by atoms with Crippen molar-refractivity contribution in [2.45, 2.75) is 51.0 Å². The van der Waals surface area contributed by atoms with Crippen molar-refractivity contribution in [3.05, 3.63) is 65.8 Å². The summed E-state index contributed by atoms with van der Waals surface area (Å²) in [4.78, 5) is 26.9. The lowest BCUT2D eigenvalue weighted by Gasteiger charge is -2.30. The number of nitrogens with one attached hydrogen (secondary N) is 2. The Hall–Kier alpha value is -3.50. The van der Waals surface area contributed by atoms with E-state index in [-0.39, 0.29) is 12.5 Å². The van der Waals surface area contributed by atoms with Crippen LogP contribution in [0.4, 0.5) is 5.82 Å². The first kappa shape index (κ1) is 23.3. The molecule has 3 aromatic rings. The highest BCUT2D eigenvalue weighted by atomic mass is 16.5. The van der Waals surface area contributed by atoms with Crippen molar-refractivity contribution in [1.82, 2.24) is 25.2 Å². The lowest BCUT2D eigenvalue weighted by molar-refractivity contribution is 0.0838. The minimum atomic E-state index is -0.681. The number of β-amino-alcohol motifs (C(OH)–C–C–N with tert-alkyl or cyclic N) is 1. The number of hydrogen-bond acceptors (Lipinski definition) is 9. The summed E-state index contributed by atoms with van der Waals surface area (Å²) in [5.74, 6) is 1.83. The van der Waals surface area contributed by atoms with Crippen LogP contribution in [0.1, 0.15) is 46.6 Å². The summed E-state index contributed by atoms with van der Waals surface area (Å²) in [6.07, 6.45) is 8.07. The van der Waals surface area contributed by atoms with Gasteiger partial charge in [0.25, 0.3) is 5.91 Å². The molecule has 0 saturated heterocycles. The quantitative estimate of drug-likeness (QED) is 0.402. The average molecular weight is 479 g/mol. The molecule has 1 aliphatic heterocycles. The Labute approximate surface area is 203 Å². The third-order valence-electron chi connectivity index (χ3n) is 6.46. The fourth-order valence-corrected chi connectivity index (χ4v) is 4.29. The zero-order valence-corrected chi connectivity index (χ0v) is 19.5. The number of rotatable bonds is 10. The Morgan fingerprint density at radius 3 is 2.97 bits per heavy atom. The molecule has 1 aliphatic carbocycles. The summed E-state index contributed by atoms with van der Waals surface area (Å²) in [5, 5.41) is 16.6. The summed E-state index contributed by atoms with van der Waals surface area (Å²) in [6.45, 7) is 2.54. The number of nitrogens with zero attached hydrogens (tertiary/aromatic N) is 4. The molecule has 10 nitrogen and oxygen atoms in total. The van der Waals surface area contributed by atoms with E-state index in [0.29, 0.717) is 36.5 Å². The molecule has 0 spiro atoms. The Morgan fingerprint density at radius 2 is 2.17 bits per heavy atom. The molecule has 1 aromatic carbocycles. The molecule has 0 bridgehead atoms. The first-order chi connectivity index (χ1) is 17.1. The molecule has 1 atom stereocenters. The molecule has 184 valence electrons. The number of ether oxygens (including phenoxy) is 1. The molecular formula is C25H30N6O4. The normalized spacial score (nSPS) is 16.7. The molecule has 3 heterocycles. The van der Waals surface area contributed by atoms with Crippen molar-refractivity contribution >= 4 is 11.7 Å². The number of aliphatic hydroxyl groups excluding tert-OH is 1. The smallest absolute Gasteiger partial charge is 0.270 e. The SMILES string of the molecule is O=C(NC[C@H](O)CN1CCc2cc(OCc3cnco3)ccc2C1)c1cc(NC2CCC2)ncn1. The number of aromatic nitrogens is 3. The number of anilines is 1. The molecule has 0 unspecified atom stereocenters. The largest absolute Gasteiger partial charge is 0.486 e. The number of oxazole rings is 1. The molecule has 5 rings (SSSR count). The molecule has 10 heteroatoms. The van der Waals surface area contributed by atoms with E-state index < -0.39 is 6.10 Å². The first-order valence-corrected chi connectivity index (χ1v) is 12.0. The lowest BCUT2D eigenvalue weighted by atomic mass is 9.93. The molecule has 1 saturated carbocycles. The maximum atomic E-state index is 12.5. The highest BCUT2D eigenvalue weighted by Gasteiger charge is 2.21. The van der Waals surface area contributed by atoms with Crippen molar-refractivity contribution in [2.24, 2.45) is 0 Å². The number of hydrogen-bond donors (Lipinski definition) is 3. The van der Waals surface area contributed by atoms with E-state index >= 15 is 0 Å². The van der Waals surface area contributed by atoms with Gasteiger partial charge in [-0.1, -0.05) is 6.07 Å². The fraction of sp³-hybridized carbons (Fsp3) is 0.440. The van der Waals surface area contributed by atoms with Crippen molar-refractivity contribution in [2.75, 3.05) is 25.0 Å². The van der Waals surface area contributed by atoms with Crippen molar-refractivity contribution in [3.63, 3.8) is 0 Å². The van der Waals surface area contributed by atoms with Gasteiger partial charge < -0.3 is 24.9 Å². The van der Waals surface area contributed by atoms with Crippen LogP contribution in [-0.4, -0.2) is 62.6 Å². The topological polar surface area (TPSA) is 126 Å². The zero-order chi connectivity index (χ0) is 24.0. The van der Waals surface area contributed by atoms with Crippen LogP contribution in [0.5, 0.6) is 5.75 Å². The van der Waals surface area contributed by atoms with Crippen LogP contribution in [0, 0.1) is 0 Å². The first-order valence-electron chi connectivity index (χ1n) is 12.0. The van der Waals surface area contributed by atoms with E-state index in [1.165, 1.54) is 30.3 Å². The second-order valence-corrected chi connectivity index (χ2v) is 9.10. The number of benzene rings is 1. The van der Waals surface area contributed by atoms with E-state index in [4.69, 9.17) is 9.15 Å². The zero-order valence-electron chi connectivity index (χ0n) is 19.5. The monoisotopic (exact) mass is 478 g/mol. The number of fused-ring (bicyclic) bond motifs is 1. The Bertz CT molecular complexity index is 1130. The van der Waals surface area contributed by atoms with Gasteiger partial charge in [-0.3, -0.25) is 9.69 Å². The van der Waals surface area contributed by atoms with Gasteiger partial charge in [-0.2, -0.15) is 0 Å². The van der Waals surface area contributed by atoms with Crippen LogP contribution < -0.4 is 15.4 Å². The number of aliphatic hydroxyl groups is 1. The van der Waals surface area contributed by atoms with Gasteiger partial charge in [0.1, 0.15) is 30.2 Å². The van der Waals surface area contributed by atoms with E-state index in [9.17, 15) is 9.90 Å². The van der Waals surface area contributed by atoms with E-state index in [1.54, 1.807) is 12.3 Å². The Morgan fingerprint density at radius 1 is 1.26 bits per heavy atom. The molecule has 3 N–H and O–H groups in total. The second kappa shape index (κ2) is 10.8.